The number of esters is 1. The zero-order valence-electron chi connectivity index (χ0n) is 10.8. The lowest BCUT2D eigenvalue weighted by Crippen LogP contribution is -2.47. The van der Waals surface area contributed by atoms with Crippen LogP contribution in [0.1, 0.15) is 26.2 Å². The second kappa shape index (κ2) is 6.07. The standard InChI is InChI=1S/C12H15F5O3/c1-7(2)10(18)19-6-5-8-3-4-9(8)20-12(16,17)11(13,14)15/h8-9H,1,3-6H2,2H3. The zero-order valence-corrected chi connectivity index (χ0v) is 10.8. The van der Waals surface area contributed by atoms with Crippen molar-refractivity contribution in [2.75, 3.05) is 6.61 Å². The monoisotopic (exact) mass is 302 g/mol. The SMILES string of the molecule is C=C(C)C(=O)OCCC1CCC1OC(F)(F)C(F)(F)F. The fourth-order valence-corrected chi connectivity index (χ4v) is 1.71. The minimum Gasteiger partial charge on any atom is -0.462 e. The second-order valence-electron chi connectivity index (χ2n) is 4.71. The van der Waals surface area contributed by atoms with Crippen molar-refractivity contribution in [2.24, 2.45) is 5.92 Å². The number of carbonyl (C=O) groups excluding carboxylic acids is 1. The molecule has 1 saturated carbocycles. The van der Waals surface area contributed by atoms with Gasteiger partial charge in [0.1, 0.15) is 0 Å². The van der Waals surface area contributed by atoms with E-state index in [2.05, 4.69) is 11.3 Å². The lowest BCUT2D eigenvalue weighted by atomic mass is 9.79. The molecule has 0 saturated heterocycles. The Hall–Kier alpha value is -1.18. The first-order valence-electron chi connectivity index (χ1n) is 5.99. The summed E-state index contributed by atoms with van der Waals surface area (Å²) in [5, 5.41) is 0. The quantitative estimate of drug-likeness (QED) is 0.428. The molecule has 0 heterocycles. The first-order valence-corrected chi connectivity index (χ1v) is 5.99. The third-order valence-corrected chi connectivity index (χ3v) is 3.05. The summed E-state index contributed by atoms with van der Waals surface area (Å²) in [7, 11) is 0. The number of hydrogen-bond donors (Lipinski definition) is 0. The van der Waals surface area contributed by atoms with Crippen LogP contribution >= 0.6 is 0 Å². The predicted octanol–water partition coefficient (Wildman–Crippen LogP) is 3.45. The second-order valence-corrected chi connectivity index (χ2v) is 4.71. The Morgan fingerprint density at radius 3 is 2.25 bits per heavy atom. The Kier molecular flexibility index (Phi) is 5.12. The van der Waals surface area contributed by atoms with Crippen molar-refractivity contribution in [3.8, 4) is 0 Å². The van der Waals surface area contributed by atoms with Crippen molar-refractivity contribution in [3.05, 3.63) is 12.2 Å². The fraction of sp³-hybridized carbons (Fsp3) is 0.750. The lowest BCUT2D eigenvalue weighted by Gasteiger charge is -2.38. The van der Waals surface area contributed by atoms with Gasteiger partial charge in [-0.2, -0.15) is 22.0 Å². The minimum absolute atomic E-state index is 0.0617. The van der Waals surface area contributed by atoms with Crippen LogP contribution in [0.25, 0.3) is 0 Å². The van der Waals surface area contributed by atoms with E-state index in [0.717, 1.165) is 0 Å². The molecule has 8 heteroatoms. The van der Waals surface area contributed by atoms with Gasteiger partial charge in [0.25, 0.3) is 0 Å². The first kappa shape index (κ1) is 16.9. The third-order valence-electron chi connectivity index (χ3n) is 3.05. The van der Waals surface area contributed by atoms with Crippen LogP contribution in [-0.2, 0) is 14.3 Å². The molecule has 1 aliphatic rings. The fourth-order valence-electron chi connectivity index (χ4n) is 1.71. The summed E-state index contributed by atoms with van der Waals surface area (Å²) >= 11 is 0. The average Bonchev–Trinajstić information content (AvgIpc) is 2.28. The van der Waals surface area contributed by atoms with E-state index in [1.54, 1.807) is 0 Å². The van der Waals surface area contributed by atoms with Crippen molar-refractivity contribution < 1.29 is 36.2 Å². The third kappa shape index (κ3) is 4.16. The van der Waals surface area contributed by atoms with E-state index in [0.29, 0.717) is 6.42 Å². The molecule has 0 radical (unpaired) electrons. The lowest BCUT2D eigenvalue weighted by molar-refractivity contribution is -0.411. The smallest absolute Gasteiger partial charge is 0.462 e. The summed E-state index contributed by atoms with van der Waals surface area (Å²) in [5.41, 5.74) is 0.190. The molecule has 0 N–H and O–H groups in total. The summed E-state index contributed by atoms with van der Waals surface area (Å²) in [6.07, 6.45) is -11.3. The summed E-state index contributed by atoms with van der Waals surface area (Å²) in [6, 6.07) is 0. The number of rotatable bonds is 6. The van der Waals surface area contributed by atoms with Crippen molar-refractivity contribution in [1.29, 1.82) is 0 Å². The van der Waals surface area contributed by atoms with Crippen molar-refractivity contribution in [1.82, 2.24) is 0 Å². The molecule has 1 rings (SSSR count). The van der Waals surface area contributed by atoms with Gasteiger partial charge in [0.2, 0.25) is 0 Å². The number of ether oxygens (including phenoxy) is 2. The summed E-state index contributed by atoms with van der Waals surface area (Å²) in [6.45, 7) is 4.74. The molecule has 1 aliphatic carbocycles. The van der Waals surface area contributed by atoms with Crippen LogP contribution in [-0.4, -0.2) is 31.0 Å². The zero-order chi connectivity index (χ0) is 15.6. The van der Waals surface area contributed by atoms with Crippen LogP contribution in [0.15, 0.2) is 12.2 Å². The van der Waals surface area contributed by atoms with E-state index in [-0.39, 0.29) is 25.0 Å². The van der Waals surface area contributed by atoms with Gasteiger partial charge < -0.3 is 9.47 Å². The van der Waals surface area contributed by atoms with Gasteiger partial charge in [0.05, 0.1) is 12.7 Å². The number of halogens is 5. The van der Waals surface area contributed by atoms with Crippen molar-refractivity contribution >= 4 is 5.97 Å². The molecule has 2 atom stereocenters. The highest BCUT2D eigenvalue weighted by Gasteiger charge is 2.61. The van der Waals surface area contributed by atoms with E-state index in [1.807, 2.05) is 0 Å². The molecule has 1 fully saturated rings. The maximum atomic E-state index is 12.7. The molecule has 2 unspecified atom stereocenters. The molecular weight excluding hydrogens is 287 g/mol. The molecule has 0 aromatic rings. The molecule has 0 spiro atoms. The highest BCUT2D eigenvalue weighted by molar-refractivity contribution is 5.86. The van der Waals surface area contributed by atoms with Crippen LogP contribution in [0.2, 0.25) is 0 Å². The van der Waals surface area contributed by atoms with Crippen LogP contribution < -0.4 is 0 Å². The van der Waals surface area contributed by atoms with Gasteiger partial charge in [-0.15, -0.1) is 0 Å². The highest BCUT2D eigenvalue weighted by atomic mass is 19.4. The topological polar surface area (TPSA) is 35.5 Å². The molecule has 0 aromatic heterocycles. The van der Waals surface area contributed by atoms with E-state index in [4.69, 9.17) is 4.74 Å². The molecular formula is C12H15F5O3. The Morgan fingerprint density at radius 2 is 1.85 bits per heavy atom. The van der Waals surface area contributed by atoms with Crippen LogP contribution in [0.4, 0.5) is 22.0 Å². The van der Waals surface area contributed by atoms with Gasteiger partial charge in [-0.3, -0.25) is 0 Å². The molecule has 0 amide bonds. The molecule has 0 aromatic carbocycles. The first-order chi connectivity index (χ1) is 9.04. The highest BCUT2D eigenvalue weighted by Crippen LogP contribution is 2.43. The van der Waals surface area contributed by atoms with Gasteiger partial charge >= 0.3 is 18.3 Å². The predicted molar refractivity (Wildman–Crippen MR) is 59.0 cm³/mol. The number of carbonyl (C=O) groups is 1. The normalized spacial score (nSPS) is 23.1. The van der Waals surface area contributed by atoms with Gasteiger partial charge in [0, 0.05) is 5.57 Å². The Morgan fingerprint density at radius 1 is 1.25 bits per heavy atom. The maximum Gasteiger partial charge on any atom is 0.482 e. The van der Waals surface area contributed by atoms with Gasteiger partial charge in [0.15, 0.2) is 0 Å². The Labute approximate surface area is 112 Å². The number of alkyl halides is 5. The van der Waals surface area contributed by atoms with Crippen LogP contribution in [0.5, 0.6) is 0 Å². The Balaban J connectivity index is 2.37. The molecule has 3 nitrogen and oxygen atoms in total. The minimum atomic E-state index is -5.72. The molecule has 20 heavy (non-hydrogen) atoms. The summed E-state index contributed by atoms with van der Waals surface area (Å²) in [5.74, 6) is -1.09. The number of hydrogen-bond acceptors (Lipinski definition) is 3. The van der Waals surface area contributed by atoms with E-state index >= 15 is 0 Å². The van der Waals surface area contributed by atoms with Gasteiger partial charge in [-0.05, 0) is 32.1 Å². The molecule has 0 aliphatic heterocycles. The summed E-state index contributed by atoms with van der Waals surface area (Å²) < 4.78 is 69.9. The molecule has 0 bridgehead atoms. The van der Waals surface area contributed by atoms with Crippen molar-refractivity contribution in [2.45, 2.75) is 44.6 Å². The van der Waals surface area contributed by atoms with Gasteiger partial charge in [-0.25, -0.2) is 4.79 Å². The van der Waals surface area contributed by atoms with Crippen LogP contribution in [0.3, 0.4) is 0 Å². The van der Waals surface area contributed by atoms with E-state index < -0.39 is 30.3 Å². The Bertz CT molecular complexity index is 378. The van der Waals surface area contributed by atoms with Crippen LogP contribution in [0, 0.1) is 5.92 Å². The van der Waals surface area contributed by atoms with Gasteiger partial charge in [-0.1, -0.05) is 6.58 Å². The summed E-state index contributed by atoms with van der Waals surface area (Å²) in [4.78, 5) is 11.1. The largest absolute Gasteiger partial charge is 0.482 e. The van der Waals surface area contributed by atoms with Crippen molar-refractivity contribution in [3.63, 3.8) is 0 Å². The molecule has 116 valence electrons. The maximum absolute atomic E-state index is 12.7. The van der Waals surface area contributed by atoms with E-state index in [1.165, 1.54) is 6.92 Å². The average molecular weight is 302 g/mol. The van der Waals surface area contributed by atoms with E-state index in [9.17, 15) is 26.7 Å².